The van der Waals surface area contributed by atoms with Crippen molar-refractivity contribution in [1.82, 2.24) is 10.3 Å². The van der Waals surface area contributed by atoms with E-state index >= 15 is 0 Å². The van der Waals surface area contributed by atoms with Crippen molar-refractivity contribution in [3.8, 4) is 0 Å². The number of anilines is 1. The Labute approximate surface area is 123 Å². The highest BCUT2D eigenvalue weighted by Gasteiger charge is 2.58. The maximum Gasteiger partial charge on any atom is 0.242 e. The molecular formula is C13H17Cl2N3O. The Kier molecular flexibility index (Phi) is 3.78. The summed E-state index contributed by atoms with van der Waals surface area (Å²) >= 11 is 5.83. The van der Waals surface area contributed by atoms with Crippen LogP contribution in [0.15, 0.2) is 12.1 Å². The van der Waals surface area contributed by atoms with Crippen molar-refractivity contribution >= 4 is 35.7 Å². The Bertz CT molecular complexity index is 523. The van der Waals surface area contributed by atoms with Gasteiger partial charge >= 0.3 is 0 Å². The van der Waals surface area contributed by atoms with Crippen LogP contribution in [0.5, 0.6) is 0 Å². The second-order valence-electron chi connectivity index (χ2n) is 5.62. The summed E-state index contributed by atoms with van der Waals surface area (Å²) < 4.78 is 0. The van der Waals surface area contributed by atoms with Crippen molar-refractivity contribution in [3.63, 3.8) is 0 Å². The number of pyridine rings is 1. The fourth-order valence-electron chi connectivity index (χ4n) is 2.66. The van der Waals surface area contributed by atoms with E-state index < -0.39 is 0 Å². The fraction of sp³-hybridized carbons (Fsp3) is 0.538. The maximum atomic E-state index is 12.1. The molecule has 1 aromatic rings. The fourth-order valence-corrected chi connectivity index (χ4v) is 2.81. The SMILES string of the molecule is Cc1ccc(Cl)nc1NC(=O)[C@@H]1C[C@@]2(C)C[C@H]2N1.Cl. The molecular weight excluding hydrogens is 285 g/mol. The molecule has 1 aromatic heterocycles. The molecule has 1 amide bonds. The molecule has 3 rings (SSSR count). The molecule has 1 aliphatic carbocycles. The van der Waals surface area contributed by atoms with Crippen LogP contribution in [-0.4, -0.2) is 23.0 Å². The van der Waals surface area contributed by atoms with E-state index in [0.29, 0.717) is 22.4 Å². The highest BCUT2D eigenvalue weighted by atomic mass is 35.5. The summed E-state index contributed by atoms with van der Waals surface area (Å²) in [5.41, 5.74) is 1.25. The second kappa shape index (κ2) is 4.93. The molecule has 0 unspecified atom stereocenters. The topological polar surface area (TPSA) is 54.0 Å². The maximum absolute atomic E-state index is 12.1. The van der Waals surface area contributed by atoms with Gasteiger partial charge in [0.25, 0.3) is 0 Å². The molecule has 2 N–H and O–H groups in total. The highest BCUT2D eigenvalue weighted by molar-refractivity contribution is 6.29. The minimum Gasteiger partial charge on any atom is -0.309 e. The molecule has 3 atom stereocenters. The Morgan fingerprint density at radius 1 is 1.53 bits per heavy atom. The average molecular weight is 302 g/mol. The van der Waals surface area contributed by atoms with Crippen molar-refractivity contribution in [2.45, 2.75) is 38.8 Å². The molecule has 2 heterocycles. The first-order valence-corrected chi connectivity index (χ1v) is 6.56. The van der Waals surface area contributed by atoms with E-state index in [4.69, 9.17) is 11.6 Å². The monoisotopic (exact) mass is 301 g/mol. The number of rotatable bonds is 2. The van der Waals surface area contributed by atoms with Crippen LogP contribution in [0.4, 0.5) is 5.82 Å². The molecule has 1 saturated heterocycles. The van der Waals surface area contributed by atoms with Gasteiger partial charge in [0.05, 0.1) is 6.04 Å². The molecule has 0 bridgehead atoms. The summed E-state index contributed by atoms with van der Waals surface area (Å²) in [6, 6.07) is 3.98. The van der Waals surface area contributed by atoms with Crippen molar-refractivity contribution < 1.29 is 4.79 Å². The minimum absolute atomic E-state index is 0. The number of nitrogens with one attached hydrogen (secondary N) is 2. The van der Waals surface area contributed by atoms with E-state index in [9.17, 15) is 4.79 Å². The van der Waals surface area contributed by atoms with Crippen molar-refractivity contribution in [2.75, 3.05) is 5.32 Å². The molecule has 0 radical (unpaired) electrons. The number of hydrogen-bond donors (Lipinski definition) is 2. The van der Waals surface area contributed by atoms with E-state index in [1.165, 1.54) is 6.42 Å². The van der Waals surface area contributed by atoms with E-state index in [2.05, 4.69) is 22.5 Å². The van der Waals surface area contributed by atoms with Gasteiger partial charge in [-0.2, -0.15) is 0 Å². The zero-order valence-electron chi connectivity index (χ0n) is 10.9. The molecule has 6 heteroatoms. The number of fused-ring (bicyclic) bond motifs is 1. The first kappa shape index (κ1) is 14.6. The third-order valence-electron chi connectivity index (χ3n) is 4.05. The summed E-state index contributed by atoms with van der Waals surface area (Å²) in [6.07, 6.45) is 2.09. The van der Waals surface area contributed by atoms with Gasteiger partial charge < -0.3 is 10.6 Å². The van der Waals surface area contributed by atoms with Crippen molar-refractivity contribution in [3.05, 3.63) is 22.8 Å². The Morgan fingerprint density at radius 2 is 2.26 bits per heavy atom. The van der Waals surface area contributed by atoms with Crippen LogP contribution in [0.1, 0.15) is 25.3 Å². The second-order valence-corrected chi connectivity index (χ2v) is 6.01. The molecule has 1 saturated carbocycles. The molecule has 0 aromatic carbocycles. The zero-order valence-corrected chi connectivity index (χ0v) is 12.4. The van der Waals surface area contributed by atoms with Gasteiger partial charge in [-0.3, -0.25) is 4.79 Å². The van der Waals surface area contributed by atoms with Gasteiger partial charge in [0.2, 0.25) is 5.91 Å². The number of halogens is 2. The van der Waals surface area contributed by atoms with E-state index in [0.717, 1.165) is 12.0 Å². The molecule has 2 fully saturated rings. The molecule has 1 aliphatic heterocycles. The lowest BCUT2D eigenvalue weighted by atomic mass is 10.0. The van der Waals surface area contributed by atoms with Crippen molar-refractivity contribution in [2.24, 2.45) is 5.41 Å². The van der Waals surface area contributed by atoms with Gasteiger partial charge in [-0.15, -0.1) is 12.4 Å². The lowest BCUT2D eigenvalue weighted by Gasteiger charge is -2.15. The largest absolute Gasteiger partial charge is 0.309 e. The summed E-state index contributed by atoms with van der Waals surface area (Å²) in [5, 5.41) is 6.60. The number of carbonyl (C=O) groups is 1. The quantitative estimate of drug-likeness (QED) is 0.826. The summed E-state index contributed by atoms with van der Waals surface area (Å²) in [6.45, 7) is 4.13. The van der Waals surface area contributed by atoms with Gasteiger partial charge in [-0.1, -0.05) is 24.6 Å². The van der Waals surface area contributed by atoms with Gasteiger partial charge in [-0.05, 0) is 36.8 Å². The Balaban J connectivity index is 0.00000133. The molecule has 0 spiro atoms. The molecule has 19 heavy (non-hydrogen) atoms. The average Bonchev–Trinajstić information content (AvgIpc) is 2.82. The van der Waals surface area contributed by atoms with Crippen molar-refractivity contribution in [1.29, 1.82) is 0 Å². The van der Waals surface area contributed by atoms with Gasteiger partial charge in [0.15, 0.2) is 0 Å². The third-order valence-corrected chi connectivity index (χ3v) is 4.26. The van der Waals surface area contributed by atoms with E-state index in [1.54, 1.807) is 6.07 Å². The number of nitrogens with zero attached hydrogens (tertiary/aromatic N) is 1. The highest BCUT2D eigenvalue weighted by Crippen LogP contribution is 2.53. The van der Waals surface area contributed by atoms with Gasteiger partial charge in [0.1, 0.15) is 11.0 Å². The van der Waals surface area contributed by atoms with Crippen LogP contribution in [0.25, 0.3) is 0 Å². The third kappa shape index (κ3) is 2.71. The lowest BCUT2D eigenvalue weighted by molar-refractivity contribution is -0.118. The van der Waals surface area contributed by atoms with E-state index in [1.807, 2.05) is 13.0 Å². The summed E-state index contributed by atoms with van der Waals surface area (Å²) in [4.78, 5) is 16.3. The predicted octanol–water partition coefficient (Wildman–Crippen LogP) is 2.54. The number of hydrogen-bond acceptors (Lipinski definition) is 3. The molecule has 104 valence electrons. The number of carbonyl (C=O) groups excluding carboxylic acids is 1. The van der Waals surface area contributed by atoms with Crippen LogP contribution in [0, 0.1) is 12.3 Å². The molecule has 4 nitrogen and oxygen atoms in total. The number of amides is 1. The van der Waals surface area contributed by atoms with Crippen LogP contribution in [0.3, 0.4) is 0 Å². The zero-order chi connectivity index (χ0) is 12.9. The van der Waals surface area contributed by atoms with Gasteiger partial charge in [0, 0.05) is 6.04 Å². The number of piperidine rings is 1. The van der Waals surface area contributed by atoms with Gasteiger partial charge in [-0.25, -0.2) is 4.98 Å². The van der Waals surface area contributed by atoms with E-state index in [-0.39, 0.29) is 24.4 Å². The normalized spacial score (nSPS) is 31.3. The Hall–Kier alpha value is -0.840. The van der Waals surface area contributed by atoms with Crippen LogP contribution < -0.4 is 10.6 Å². The Morgan fingerprint density at radius 3 is 2.89 bits per heavy atom. The van der Waals surface area contributed by atoms with Crippen LogP contribution in [-0.2, 0) is 4.79 Å². The number of aryl methyl sites for hydroxylation is 1. The summed E-state index contributed by atoms with van der Waals surface area (Å²) in [7, 11) is 0. The first-order chi connectivity index (χ1) is 8.48. The predicted molar refractivity (Wildman–Crippen MR) is 77.9 cm³/mol. The molecule has 2 aliphatic rings. The minimum atomic E-state index is -0.103. The standard InChI is InChI=1S/C13H16ClN3O.ClH/c1-7-3-4-10(14)16-11(7)17-12(18)8-5-13(2)6-9(13)15-8;/h3-4,8-9,15H,5-6H2,1-2H3,(H,16,17,18);1H/t8-,9+,13-;/m0./s1. The smallest absolute Gasteiger partial charge is 0.242 e. The number of aromatic nitrogens is 1. The van der Waals surface area contributed by atoms with Crippen LogP contribution in [0.2, 0.25) is 5.15 Å². The van der Waals surface area contributed by atoms with Crippen LogP contribution >= 0.6 is 24.0 Å². The summed E-state index contributed by atoms with van der Waals surface area (Å²) in [5.74, 6) is 0.543. The lowest BCUT2D eigenvalue weighted by Crippen LogP contribution is -2.38. The first-order valence-electron chi connectivity index (χ1n) is 6.18.